The van der Waals surface area contributed by atoms with Crippen molar-refractivity contribution in [2.24, 2.45) is 17.9 Å². The average molecular weight is 793 g/mol. The zero-order valence-corrected chi connectivity index (χ0v) is 34.1. The Morgan fingerprint density at radius 1 is 0.930 bits per heavy atom. The van der Waals surface area contributed by atoms with Crippen LogP contribution in [-0.2, 0) is 42.5 Å². The number of ether oxygens (including phenoxy) is 2. The summed E-state index contributed by atoms with van der Waals surface area (Å²) in [6.45, 7) is 5.42. The van der Waals surface area contributed by atoms with Crippen molar-refractivity contribution in [2.45, 2.75) is 83.4 Å². The molecule has 4 aromatic rings. The Morgan fingerprint density at radius 2 is 1.72 bits per heavy atom. The fourth-order valence-corrected chi connectivity index (χ4v) is 11.2. The lowest BCUT2D eigenvalue weighted by molar-refractivity contribution is -0.152. The molecule has 2 saturated carbocycles. The van der Waals surface area contributed by atoms with E-state index < -0.39 is 0 Å². The number of esters is 1. The molecule has 5 aliphatic rings. The number of aromatic nitrogens is 3. The summed E-state index contributed by atoms with van der Waals surface area (Å²) in [5.74, 6) is 0.951. The summed E-state index contributed by atoms with van der Waals surface area (Å²) in [6, 6.07) is 16.2. The summed E-state index contributed by atoms with van der Waals surface area (Å²) in [7, 11) is 5.14. The SMILES string of the molecule is COC(=O)C12CCC(CCCN3CCc4c(nc(C(=O)N5CCc6c(-c7cccc(-c8ccc(CN9CC[C@@H](O)C9)c(OC)n8)c7Cl)cccc65)n4C)C3)(CC1)C2. The van der Waals surface area contributed by atoms with Crippen LogP contribution in [0.3, 0.4) is 0 Å². The molecule has 1 amide bonds. The molecule has 0 unspecified atom stereocenters. The molecular formula is C45H53ClN6O5. The maximum Gasteiger partial charge on any atom is 0.311 e. The summed E-state index contributed by atoms with van der Waals surface area (Å²) < 4.78 is 12.9. The number of imidazole rings is 1. The van der Waals surface area contributed by atoms with Crippen LogP contribution in [0.25, 0.3) is 22.4 Å². The molecule has 57 heavy (non-hydrogen) atoms. The van der Waals surface area contributed by atoms with Crippen molar-refractivity contribution in [3.05, 3.63) is 81.9 Å². The fraction of sp³-hybridized carbons (Fsp3) is 0.511. The molecule has 300 valence electrons. The number of aliphatic hydroxyl groups is 1. The van der Waals surface area contributed by atoms with Gasteiger partial charge in [-0.3, -0.25) is 19.4 Å². The van der Waals surface area contributed by atoms with E-state index in [0.717, 1.165) is 135 Å². The highest BCUT2D eigenvalue weighted by Gasteiger charge is 2.58. The monoisotopic (exact) mass is 792 g/mol. The Morgan fingerprint density at radius 3 is 2.49 bits per heavy atom. The number of likely N-dealkylation sites (tertiary alicyclic amines) is 1. The van der Waals surface area contributed by atoms with Gasteiger partial charge in [-0.15, -0.1) is 0 Å². The average Bonchev–Trinajstić information content (AvgIpc) is 4.07. The first kappa shape index (κ1) is 38.2. The predicted octanol–water partition coefficient (Wildman–Crippen LogP) is 6.84. The van der Waals surface area contributed by atoms with E-state index in [9.17, 15) is 14.7 Å². The first-order valence-corrected chi connectivity index (χ1v) is 21.0. The quantitative estimate of drug-likeness (QED) is 0.163. The molecule has 2 aliphatic carbocycles. The molecule has 11 nitrogen and oxygen atoms in total. The third kappa shape index (κ3) is 6.84. The van der Waals surface area contributed by atoms with Gasteiger partial charge in [0.25, 0.3) is 5.91 Å². The van der Waals surface area contributed by atoms with Gasteiger partial charge in [0.2, 0.25) is 5.88 Å². The standard InChI is InChI=1S/C45H53ClN6O5/c1-49-38-15-23-50(21-6-16-44-17-19-45(28-44,20-18-44)43(55)57-3)27-36(38)47-40(49)42(54)52-24-14-32-31(7-5-10-37(32)52)33-8-4-9-34(39(33)46)35-12-11-29(41(48-35)56-2)25-51-22-13-30(53)26-51/h4-5,7-12,30,53H,6,13-28H2,1-3H3/t30-,44?,45?/m1/s1. The zero-order valence-electron chi connectivity index (χ0n) is 33.4. The van der Waals surface area contributed by atoms with Gasteiger partial charge in [0.15, 0.2) is 5.82 Å². The second-order valence-corrected chi connectivity index (χ2v) is 17.6. The maximum atomic E-state index is 14.3. The van der Waals surface area contributed by atoms with Gasteiger partial charge in [-0.2, -0.15) is 0 Å². The molecule has 1 saturated heterocycles. The van der Waals surface area contributed by atoms with Crippen molar-refractivity contribution < 1.29 is 24.2 Å². The van der Waals surface area contributed by atoms with Crippen LogP contribution < -0.4 is 9.64 Å². The topological polar surface area (TPSA) is 113 Å². The lowest BCUT2D eigenvalue weighted by Gasteiger charge is -2.30. The van der Waals surface area contributed by atoms with Gasteiger partial charge in [0, 0.05) is 80.8 Å². The first-order chi connectivity index (χ1) is 27.6. The molecule has 3 aliphatic heterocycles. The Balaban J connectivity index is 0.890. The smallest absolute Gasteiger partial charge is 0.311 e. The van der Waals surface area contributed by atoms with Crippen LogP contribution in [-0.4, -0.2) is 94.4 Å². The van der Waals surface area contributed by atoms with Gasteiger partial charge in [-0.25, -0.2) is 9.97 Å². The van der Waals surface area contributed by atoms with E-state index in [1.807, 2.05) is 59.0 Å². The van der Waals surface area contributed by atoms with E-state index >= 15 is 0 Å². The Labute approximate surface area is 339 Å². The van der Waals surface area contributed by atoms with Crippen LogP contribution in [0.2, 0.25) is 5.02 Å². The number of nitrogens with zero attached hydrogens (tertiary/aromatic N) is 6. The molecular weight excluding hydrogens is 740 g/mol. The van der Waals surface area contributed by atoms with E-state index in [1.54, 1.807) is 7.11 Å². The minimum Gasteiger partial charge on any atom is -0.481 e. The minimum atomic E-state index is -0.287. The normalized spacial score (nSPS) is 24.2. The van der Waals surface area contributed by atoms with Crippen molar-refractivity contribution in [1.29, 1.82) is 0 Å². The number of amides is 1. The highest BCUT2D eigenvalue weighted by Crippen LogP contribution is 2.63. The summed E-state index contributed by atoms with van der Waals surface area (Å²) in [5, 5.41) is 10.6. The van der Waals surface area contributed by atoms with Crippen LogP contribution in [0, 0.1) is 10.8 Å². The second-order valence-electron chi connectivity index (χ2n) is 17.2. The number of aliphatic hydroxyl groups excluding tert-OH is 1. The van der Waals surface area contributed by atoms with E-state index in [2.05, 4.69) is 15.9 Å². The van der Waals surface area contributed by atoms with Crippen LogP contribution >= 0.6 is 11.6 Å². The number of halogens is 1. The van der Waals surface area contributed by atoms with Crippen molar-refractivity contribution in [3.63, 3.8) is 0 Å². The molecule has 1 atom stereocenters. The fourth-order valence-electron chi connectivity index (χ4n) is 10.9. The van der Waals surface area contributed by atoms with Crippen LogP contribution in [0.15, 0.2) is 48.5 Å². The molecule has 2 aromatic heterocycles. The number of hydrogen-bond donors (Lipinski definition) is 1. The second kappa shape index (κ2) is 15.1. The van der Waals surface area contributed by atoms with Gasteiger partial charge in [-0.1, -0.05) is 48.0 Å². The van der Waals surface area contributed by atoms with Crippen LogP contribution in [0.5, 0.6) is 5.88 Å². The molecule has 5 heterocycles. The van der Waals surface area contributed by atoms with Gasteiger partial charge in [0.05, 0.1) is 42.1 Å². The molecule has 12 heteroatoms. The third-order valence-electron chi connectivity index (χ3n) is 13.9. The number of β-amino-alcohol motifs (C(OH)–C–C–N with tert-alkyl or cyclic N) is 1. The van der Waals surface area contributed by atoms with Gasteiger partial charge >= 0.3 is 5.97 Å². The predicted molar refractivity (Wildman–Crippen MR) is 219 cm³/mol. The number of anilines is 1. The molecule has 2 bridgehead atoms. The van der Waals surface area contributed by atoms with Gasteiger partial charge in [-0.05, 0) is 93.0 Å². The van der Waals surface area contributed by atoms with Crippen LogP contribution in [0.4, 0.5) is 5.69 Å². The van der Waals surface area contributed by atoms with Gasteiger partial charge in [0.1, 0.15) is 0 Å². The van der Waals surface area contributed by atoms with Crippen molar-refractivity contribution in [2.75, 3.05) is 51.8 Å². The molecule has 9 rings (SSSR count). The summed E-state index contributed by atoms with van der Waals surface area (Å²) in [4.78, 5) is 43.3. The van der Waals surface area contributed by atoms with Crippen LogP contribution in [0.1, 0.15) is 84.5 Å². The van der Waals surface area contributed by atoms with Crippen molar-refractivity contribution in [3.8, 4) is 28.3 Å². The number of rotatable bonds is 11. The highest BCUT2D eigenvalue weighted by atomic mass is 35.5. The molecule has 2 aromatic carbocycles. The largest absolute Gasteiger partial charge is 0.481 e. The Hall–Kier alpha value is -4.29. The summed E-state index contributed by atoms with van der Waals surface area (Å²) >= 11 is 7.23. The number of hydrogen-bond acceptors (Lipinski definition) is 9. The van der Waals surface area contributed by atoms with Crippen molar-refractivity contribution >= 4 is 29.2 Å². The van der Waals surface area contributed by atoms with Gasteiger partial charge < -0.3 is 24.0 Å². The minimum absolute atomic E-state index is 0.00718. The lowest BCUT2D eigenvalue weighted by atomic mass is 9.79. The van der Waals surface area contributed by atoms with E-state index in [4.69, 9.17) is 31.0 Å². The van der Waals surface area contributed by atoms with E-state index in [1.165, 1.54) is 7.11 Å². The number of methoxy groups -OCH3 is 2. The summed E-state index contributed by atoms with van der Waals surface area (Å²) in [6.07, 6.45) is 9.51. The number of pyridine rings is 1. The van der Waals surface area contributed by atoms with Crippen molar-refractivity contribution in [1.82, 2.24) is 24.3 Å². The molecule has 3 fully saturated rings. The number of carbonyl (C=O) groups is 2. The third-order valence-corrected chi connectivity index (χ3v) is 14.3. The maximum absolute atomic E-state index is 14.3. The highest BCUT2D eigenvalue weighted by molar-refractivity contribution is 6.36. The molecule has 0 radical (unpaired) electrons. The summed E-state index contributed by atoms with van der Waals surface area (Å²) in [5.41, 5.74) is 8.59. The Kier molecular flexibility index (Phi) is 10.2. The first-order valence-electron chi connectivity index (χ1n) is 20.6. The number of carbonyl (C=O) groups excluding carboxylic acids is 2. The molecule has 0 spiro atoms. The Bertz CT molecular complexity index is 2210. The lowest BCUT2D eigenvalue weighted by Crippen LogP contribution is -2.32. The van der Waals surface area contributed by atoms with E-state index in [0.29, 0.717) is 42.8 Å². The molecule has 1 N–H and O–H groups in total. The van der Waals surface area contributed by atoms with E-state index in [-0.39, 0.29) is 28.8 Å². The number of fused-ring (bicyclic) bond motifs is 4. The number of benzene rings is 2. The zero-order chi connectivity index (χ0) is 39.5.